The molecule has 2 aromatic rings. The molecule has 0 aliphatic heterocycles. The van der Waals surface area contributed by atoms with Crippen molar-refractivity contribution in [2.75, 3.05) is 5.73 Å². The molecule has 0 bridgehead atoms. The van der Waals surface area contributed by atoms with Crippen molar-refractivity contribution in [3.63, 3.8) is 0 Å². The van der Waals surface area contributed by atoms with Gasteiger partial charge in [0, 0.05) is 6.42 Å². The Morgan fingerprint density at radius 2 is 2.33 bits per heavy atom. The molecular formula is C9H11N5O. The highest BCUT2D eigenvalue weighted by molar-refractivity contribution is 5.95. The van der Waals surface area contributed by atoms with Gasteiger partial charge in [-0.1, -0.05) is 6.92 Å². The summed E-state index contributed by atoms with van der Waals surface area (Å²) in [6, 6.07) is 0. The minimum atomic E-state index is -0.103. The highest BCUT2D eigenvalue weighted by atomic mass is 16.1. The molecule has 2 aromatic heterocycles. The van der Waals surface area contributed by atoms with Crippen LogP contribution in [-0.2, 0) is 0 Å². The molecule has 3 N–H and O–H groups in total. The summed E-state index contributed by atoms with van der Waals surface area (Å²) in [6.07, 6.45) is 2.67. The lowest BCUT2D eigenvalue weighted by atomic mass is 10.2. The maximum absolute atomic E-state index is 11.5. The summed E-state index contributed by atoms with van der Waals surface area (Å²) in [7, 11) is 0. The van der Waals surface area contributed by atoms with Gasteiger partial charge in [-0.3, -0.25) is 4.79 Å². The lowest BCUT2D eigenvalue weighted by Gasteiger charge is -1.99. The van der Waals surface area contributed by atoms with Crippen LogP contribution in [0.1, 0.15) is 30.4 Å². The summed E-state index contributed by atoms with van der Waals surface area (Å²) in [4.78, 5) is 26.3. The zero-order valence-corrected chi connectivity index (χ0v) is 8.32. The monoisotopic (exact) mass is 205 g/mol. The van der Waals surface area contributed by atoms with Gasteiger partial charge in [0.15, 0.2) is 23.1 Å². The van der Waals surface area contributed by atoms with Crippen LogP contribution in [0.2, 0.25) is 0 Å². The Morgan fingerprint density at radius 3 is 3.07 bits per heavy atom. The van der Waals surface area contributed by atoms with E-state index in [1.54, 1.807) is 0 Å². The van der Waals surface area contributed by atoms with Crippen LogP contribution < -0.4 is 5.73 Å². The van der Waals surface area contributed by atoms with Crippen LogP contribution >= 0.6 is 0 Å². The Bertz CT molecular complexity index is 504. The van der Waals surface area contributed by atoms with Crippen molar-refractivity contribution in [3.05, 3.63) is 12.2 Å². The molecule has 2 rings (SSSR count). The number of H-pyrrole nitrogens is 1. The summed E-state index contributed by atoms with van der Waals surface area (Å²) < 4.78 is 0. The number of carbonyl (C=O) groups is 1. The number of hydrogen-bond acceptors (Lipinski definition) is 5. The molecule has 15 heavy (non-hydrogen) atoms. The smallest absolute Gasteiger partial charge is 0.200 e. The Balaban J connectivity index is 2.49. The molecule has 0 aliphatic rings. The number of nitrogens with one attached hydrogen (secondary N) is 1. The van der Waals surface area contributed by atoms with Gasteiger partial charge >= 0.3 is 0 Å². The summed E-state index contributed by atoms with van der Waals surface area (Å²) in [5, 5.41) is 0. The number of hydrogen-bond donors (Lipinski definition) is 2. The van der Waals surface area contributed by atoms with Gasteiger partial charge in [0.1, 0.15) is 5.52 Å². The number of rotatable bonds is 3. The number of imidazole rings is 1. The third-order valence-electron chi connectivity index (χ3n) is 2.04. The number of anilines is 1. The van der Waals surface area contributed by atoms with E-state index in [-0.39, 0.29) is 17.4 Å². The molecule has 0 amide bonds. The van der Waals surface area contributed by atoms with Crippen LogP contribution in [0.25, 0.3) is 11.2 Å². The van der Waals surface area contributed by atoms with Crippen molar-refractivity contribution in [2.45, 2.75) is 19.8 Å². The average Bonchev–Trinajstić information content (AvgIpc) is 2.66. The number of aromatic amines is 1. The molecule has 78 valence electrons. The molecule has 0 spiro atoms. The first-order valence-electron chi connectivity index (χ1n) is 4.72. The van der Waals surface area contributed by atoms with E-state index in [0.717, 1.165) is 6.42 Å². The fourth-order valence-electron chi connectivity index (χ4n) is 1.32. The molecular weight excluding hydrogens is 194 g/mol. The van der Waals surface area contributed by atoms with Crippen molar-refractivity contribution in [2.24, 2.45) is 0 Å². The molecule has 0 fully saturated rings. The molecule has 6 nitrogen and oxygen atoms in total. The average molecular weight is 205 g/mol. The number of ketones is 1. The number of nitrogen functional groups attached to an aromatic ring is 1. The molecule has 0 radical (unpaired) electrons. The lowest BCUT2D eigenvalue weighted by Crippen LogP contribution is -2.07. The second-order valence-corrected chi connectivity index (χ2v) is 3.21. The Hall–Kier alpha value is -1.98. The standard InChI is InChI=1S/C9H11N5O/c1-2-3-5(15)8-13-7(10)6-9(14-8)12-4-11-6/h4H,2-3H2,1H3,(H3,10,11,12,13,14). The van der Waals surface area contributed by atoms with E-state index in [1.165, 1.54) is 6.33 Å². The second kappa shape index (κ2) is 3.64. The van der Waals surface area contributed by atoms with Crippen LogP contribution in [0, 0.1) is 0 Å². The fraction of sp³-hybridized carbons (Fsp3) is 0.333. The van der Waals surface area contributed by atoms with E-state index in [0.29, 0.717) is 17.6 Å². The van der Waals surface area contributed by atoms with Crippen LogP contribution in [0.3, 0.4) is 0 Å². The third kappa shape index (κ3) is 1.65. The Labute approximate surface area is 85.9 Å². The normalized spacial score (nSPS) is 10.7. The van der Waals surface area contributed by atoms with Crippen LogP contribution in [0.15, 0.2) is 6.33 Å². The maximum Gasteiger partial charge on any atom is 0.200 e. The quantitative estimate of drug-likeness (QED) is 0.726. The highest BCUT2D eigenvalue weighted by Gasteiger charge is 2.12. The van der Waals surface area contributed by atoms with Gasteiger partial charge in [0.2, 0.25) is 0 Å². The number of aromatic nitrogens is 4. The van der Waals surface area contributed by atoms with E-state index in [2.05, 4.69) is 19.9 Å². The predicted molar refractivity (Wildman–Crippen MR) is 55.3 cm³/mol. The highest BCUT2D eigenvalue weighted by Crippen LogP contribution is 2.13. The molecule has 0 unspecified atom stereocenters. The van der Waals surface area contributed by atoms with Crippen molar-refractivity contribution in [3.8, 4) is 0 Å². The van der Waals surface area contributed by atoms with E-state index >= 15 is 0 Å². The molecule has 0 aliphatic carbocycles. The fourth-order valence-corrected chi connectivity index (χ4v) is 1.32. The number of carbonyl (C=O) groups excluding carboxylic acids is 1. The van der Waals surface area contributed by atoms with Crippen LogP contribution in [0.4, 0.5) is 5.82 Å². The second-order valence-electron chi connectivity index (χ2n) is 3.21. The van der Waals surface area contributed by atoms with E-state index < -0.39 is 0 Å². The Morgan fingerprint density at radius 1 is 1.53 bits per heavy atom. The topological polar surface area (TPSA) is 97.6 Å². The van der Waals surface area contributed by atoms with Crippen molar-refractivity contribution in [1.82, 2.24) is 19.9 Å². The van der Waals surface area contributed by atoms with Gasteiger partial charge < -0.3 is 10.7 Å². The number of nitrogens with two attached hydrogens (primary N) is 1. The first-order valence-corrected chi connectivity index (χ1v) is 4.72. The zero-order valence-electron chi connectivity index (χ0n) is 8.32. The van der Waals surface area contributed by atoms with Gasteiger partial charge in [-0.05, 0) is 6.42 Å². The van der Waals surface area contributed by atoms with Gasteiger partial charge in [-0.15, -0.1) is 0 Å². The van der Waals surface area contributed by atoms with Gasteiger partial charge in [-0.2, -0.15) is 0 Å². The van der Waals surface area contributed by atoms with E-state index in [1.807, 2.05) is 6.92 Å². The van der Waals surface area contributed by atoms with Crippen LogP contribution in [-0.4, -0.2) is 25.7 Å². The van der Waals surface area contributed by atoms with Crippen molar-refractivity contribution < 1.29 is 4.79 Å². The molecule has 0 aromatic carbocycles. The van der Waals surface area contributed by atoms with E-state index in [9.17, 15) is 4.79 Å². The molecule has 0 saturated carbocycles. The minimum absolute atomic E-state index is 0.103. The summed E-state index contributed by atoms with van der Waals surface area (Å²) in [5.41, 5.74) is 6.67. The molecule has 2 heterocycles. The maximum atomic E-state index is 11.5. The molecule has 0 saturated heterocycles. The van der Waals surface area contributed by atoms with Gasteiger partial charge in [0.05, 0.1) is 6.33 Å². The minimum Gasteiger partial charge on any atom is -0.382 e. The van der Waals surface area contributed by atoms with Crippen LogP contribution in [0.5, 0.6) is 0 Å². The largest absolute Gasteiger partial charge is 0.382 e. The number of Topliss-reactive ketones (excluding diaryl/α,β-unsaturated/α-hetero) is 1. The predicted octanol–water partition coefficient (Wildman–Crippen LogP) is 0.918. The number of nitrogens with zero attached hydrogens (tertiary/aromatic N) is 3. The SMILES string of the molecule is CCCC(=O)c1nc(N)c2[nH]cnc2n1. The molecule has 6 heteroatoms. The van der Waals surface area contributed by atoms with Crippen molar-refractivity contribution in [1.29, 1.82) is 0 Å². The third-order valence-corrected chi connectivity index (χ3v) is 2.04. The van der Waals surface area contributed by atoms with E-state index in [4.69, 9.17) is 5.73 Å². The summed E-state index contributed by atoms with van der Waals surface area (Å²) in [6.45, 7) is 1.92. The Kier molecular flexibility index (Phi) is 2.32. The summed E-state index contributed by atoms with van der Waals surface area (Å²) in [5.74, 6) is 0.306. The molecule has 0 atom stereocenters. The van der Waals surface area contributed by atoms with Gasteiger partial charge in [0.25, 0.3) is 0 Å². The lowest BCUT2D eigenvalue weighted by molar-refractivity contribution is 0.0972. The van der Waals surface area contributed by atoms with Gasteiger partial charge in [-0.25, -0.2) is 15.0 Å². The number of fused-ring (bicyclic) bond motifs is 1. The summed E-state index contributed by atoms with van der Waals surface area (Å²) >= 11 is 0. The first-order chi connectivity index (χ1) is 7.22. The zero-order chi connectivity index (χ0) is 10.8. The van der Waals surface area contributed by atoms with Crippen molar-refractivity contribution >= 4 is 22.8 Å². The first kappa shape index (κ1) is 9.57.